The lowest BCUT2D eigenvalue weighted by molar-refractivity contribution is -0.0540. The van der Waals surface area contributed by atoms with Gasteiger partial charge in [0.15, 0.2) is 0 Å². The summed E-state index contributed by atoms with van der Waals surface area (Å²) in [5.41, 5.74) is 2.51. The van der Waals surface area contributed by atoms with Crippen LogP contribution < -0.4 is 0 Å². The number of rotatable bonds is 5. The molecule has 170 valence electrons. The molecule has 0 aromatic heterocycles. The first-order valence-corrected chi connectivity index (χ1v) is 13.3. The molecular weight excluding hydrogens is 364 g/mol. The van der Waals surface area contributed by atoms with Gasteiger partial charge in [-0.1, -0.05) is 65.3 Å². The van der Waals surface area contributed by atoms with E-state index in [2.05, 4.69) is 59.8 Å². The smallest absolute Gasteiger partial charge is 0.0577 e. The fourth-order valence-electron chi connectivity index (χ4n) is 8.83. The van der Waals surface area contributed by atoms with Crippen LogP contribution in [0.5, 0.6) is 0 Å². The fraction of sp³-hybridized carbons (Fsp3) is 0.862. The van der Waals surface area contributed by atoms with E-state index < -0.39 is 0 Å². The van der Waals surface area contributed by atoms with Gasteiger partial charge < -0.3 is 5.11 Å². The van der Waals surface area contributed by atoms with Gasteiger partial charge in [-0.15, -0.1) is 0 Å². The van der Waals surface area contributed by atoms with Crippen molar-refractivity contribution in [2.24, 2.45) is 52.3 Å². The van der Waals surface area contributed by atoms with Crippen LogP contribution in [-0.4, -0.2) is 11.2 Å². The minimum absolute atomic E-state index is 0.0870. The van der Waals surface area contributed by atoms with E-state index in [1.165, 1.54) is 44.9 Å². The van der Waals surface area contributed by atoms with Crippen LogP contribution in [0.25, 0.3) is 0 Å². The first-order chi connectivity index (χ1) is 14.2. The summed E-state index contributed by atoms with van der Waals surface area (Å²) in [4.78, 5) is 0. The maximum absolute atomic E-state index is 10.2. The molecule has 0 aromatic carbocycles. The van der Waals surface area contributed by atoms with E-state index >= 15 is 0 Å². The van der Waals surface area contributed by atoms with Crippen LogP contribution in [0.15, 0.2) is 23.8 Å². The molecule has 1 nitrogen and oxygen atoms in total. The Hall–Kier alpha value is -0.560. The minimum atomic E-state index is -0.0870. The van der Waals surface area contributed by atoms with Crippen LogP contribution in [0.2, 0.25) is 0 Å². The summed E-state index contributed by atoms with van der Waals surface area (Å²) in [7, 11) is 0. The topological polar surface area (TPSA) is 20.2 Å². The van der Waals surface area contributed by atoms with Crippen molar-refractivity contribution in [1.82, 2.24) is 0 Å². The molecular formula is C29H48O. The zero-order chi connectivity index (χ0) is 21.7. The maximum Gasteiger partial charge on any atom is 0.0577 e. The van der Waals surface area contributed by atoms with E-state index in [1.54, 1.807) is 5.57 Å². The van der Waals surface area contributed by atoms with Crippen molar-refractivity contribution in [1.29, 1.82) is 0 Å². The van der Waals surface area contributed by atoms with Gasteiger partial charge in [0, 0.05) is 0 Å². The lowest BCUT2D eigenvalue weighted by Crippen LogP contribution is -2.50. The van der Waals surface area contributed by atoms with Crippen LogP contribution in [0.1, 0.15) is 99.3 Å². The molecule has 4 rings (SSSR count). The Morgan fingerprint density at radius 2 is 1.80 bits per heavy atom. The third-order valence-electron chi connectivity index (χ3n) is 10.8. The number of allylic oxidation sites excluding steroid dienone is 3. The highest BCUT2D eigenvalue weighted by molar-refractivity contribution is 5.25. The van der Waals surface area contributed by atoms with Gasteiger partial charge in [0.2, 0.25) is 0 Å². The predicted molar refractivity (Wildman–Crippen MR) is 128 cm³/mol. The summed E-state index contributed by atoms with van der Waals surface area (Å²) in [5, 5.41) is 10.2. The molecule has 0 unspecified atom stereocenters. The Balaban J connectivity index is 1.52. The molecule has 0 radical (unpaired) electrons. The van der Waals surface area contributed by atoms with Crippen molar-refractivity contribution in [3.63, 3.8) is 0 Å². The second-order valence-corrected chi connectivity index (χ2v) is 12.4. The Labute approximate surface area is 186 Å². The normalized spacial score (nSPS) is 45.6. The standard InChI is InChI=1S/C29H48O/c1-7-21(19(2)3)9-8-20(4)25-12-13-26-24-11-10-22-18-23(30)14-16-28(22,5)27(24)15-17-29(25,26)6/h8-10,19-21,23-27,30H,7,11-18H2,1-6H3/b9-8+/t20-,21-,23+,24-,25+,26+,27-,28+,29-/m1/s1. The molecule has 0 heterocycles. The first-order valence-electron chi connectivity index (χ1n) is 13.3. The molecule has 30 heavy (non-hydrogen) atoms. The van der Waals surface area contributed by atoms with E-state index in [1.807, 2.05) is 0 Å². The van der Waals surface area contributed by atoms with Crippen LogP contribution in [-0.2, 0) is 0 Å². The molecule has 0 spiro atoms. The monoisotopic (exact) mass is 412 g/mol. The summed E-state index contributed by atoms with van der Waals surface area (Å²) in [6, 6.07) is 0. The zero-order valence-corrected chi connectivity index (χ0v) is 20.7. The van der Waals surface area contributed by atoms with Crippen molar-refractivity contribution in [3.8, 4) is 0 Å². The van der Waals surface area contributed by atoms with Gasteiger partial charge in [-0.3, -0.25) is 0 Å². The van der Waals surface area contributed by atoms with Gasteiger partial charge in [0.05, 0.1) is 6.10 Å². The van der Waals surface area contributed by atoms with Crippen molar-refractivity contribution in [3.05, 3.63) is 23.8 Å². The molecule has 0 aliphatic heterocycles. The second-order valence-electron chi connectivity index (χ2n) is 12.4. The summed E-state index contributed by atoms with van der Waals surface area (Å²) in [5.74, 6) is 5.70. The fourth-order valence-corrected chi connectivity index (χ4v) is 8.83. The van der Waals surface area contributed by atoms with Gasteiger partial charge >= 0.3 is 0 Å². The number of hydrogen-bond donors (Lipinski definition) is 1. The van der Waals surface area contributed by atoms with Crippen molar-refractivity contribution in [2.45, 2.75) is 105 Å². The summed E-state index contributed by atoms with van der Waals surface area (Å²) < 4.78 is 0. The molecule has 4 aliphatic rings. The van der Waals surface area contributed by atoms with Crippen molar-refractivity contribution in [2.75, 3.05) is 0 Å². The molecule has 0 aromatic rings. The highest BCUT2D eigenvalue weighted by Gasteiger charge is 2.58. The van der Waals surface area contributed by atoms with Crippen LogP contribution in [0.3, 0.4) is 0 Å². The van der Waals surface area contributed by atoms with Gasteiger partial charge in [-0.25, -0.2) is 0 Å². The third-order valence-corrected chi connectivity index (χ3v) is 10.8. The largest absolute Gasteiger partial charge is 0.393 e. The molecule has 9 atom stereocenters. The molecule has 3 saturated carbocycles. The Bertz CT molecular complexity index is 674. The molecule has 0 saturated heterocycles. The lowest BCUT2D eigenvalue weighted by Gasteiger charge is -2.58. The highest BCUT2D eigenvalue weighted by Crippen LogP contribution is 2.67. The molecule has 1 N–H and O–H groups in total. The van der Waals surface area contributed by atoms with Gasteiger partial charge in [-0.2, -0.15) is 0 Å². The second kappa shape index (κ2) is 8.42. The van der Waals surface area contributed by atoms with E-state index in [0.717, 1.165) is 48.3 Å². The average molecular weight is 413 g/mol. The Kier molecular flexibility index (Phi) is 6.35. The minimum Gasteiger partial charge on any atom is -0.393 e. The SMILES string of the molecule is CC[C@H](/C=C/[C@@H](C)[C@@H]1CC[C@H]2[C@H]3CC=C4C[C@@H](O)CC[C@]4(C)[C@@H]3CC[C@@]21C)C(C)C. The van der Waals surface area contributed by atoms with E-state index in [-0.39, 0.29) is 6.10 Å². The number of hydrogen-bond acceptors (Lipinski definition) is 1. The van der Waals surface area contributed by atoms with E-state index in [0.29, 0.717) is 16.7 Å². The van der Waals surface area contributed by atoms with Gasteiger partial charge in [0.1, 0.15) is 0 Å². The summed E-state index contributed by atoms with van der Waals surface area (Å²) >= 11 is 0. The zero-order valence-electron chi connectivity index (χ0n) is 20.7. The van der Waals surface area contributed by atoms with Crippen molar-refractivity contribution < 1.29 is 5.11 Å². The predicted octanol–water partition coefficient (Wildman–Crippen LogP) is 7.80. The van der Waals surface area contributed by atoms with Crippen LogP contribution in [0, 0.1) is 52.3 Å². The third kappa shape index (κ3) is 3.66. The Morgan fingerprint density at radius 3 is 2.50 bits per heavy atom. The van der Waals surface area contributed by atoms with Crippen LogP contribution >= 0.6 is 0 Å². The lowest BCUT2D eigenvalue weighted by atomic mass is 9.47. The summed E-state index contributed by atoms with van der Waals surface area (Å²) in [6.07, 6.45) is 19.1. The molecule has 0 amide bonds. The molecule has 0 bridgehead atoms. The Morgan fingerprint density at radius 1 is 1.03 bits per heavy atom. The number of fused-ring (bicyclic) bond motifs is 5. The molecule has 4 aliphatic carbocycles. The molecule has 1 heteroatoms. The first kappa shape index (κ1) is 22.6. The average Bonchev–Trinajstić information content (AvgIpc) is 3.06. The maximum atomic E-state index is 10.2. The quantitative estimate of drug-likeness (QED) is 0.457. The van der Waals surface area contributed by atoms with E-state index in [4.69, 9.17) is 0 Å². The van der Waals surface area contributed by atoms with Crippen LogP contribution in [0.4, 0.5) is 0 Å². The van der Waals surface area contributed by atoms with Crippen molar-refractivity contribution >= 4 is 0 Å². The highest BCUT2D eigenvalue weighted by atomic mass is 16.3. The number of aliphatic hydroxyl groups excluding tert-OH is 1. The van der Waals surface area contributed by atoms with Gasteiger partial charge in [-0.05, 0) is 110 Å². The number of aliphatic hydroxyl groups is 1. The van der Waals surface area contributed by atoms with Gasteiger partial charge in [0.25, 0.3) is 0 Å². The van der Waals surface area contributed by atoms with E-state index in [9.17, 15) is 5.11 Å². The summed E-state index contributed by atoms with van der Waals surface area (Å²) in [6.45, 7) is 14.8. The molecule has 3 fully saturated rings.